The minimum absolute atomic E-state index is 0.132. The molecule has 0 radical (unpaired) electrons. The number of rotatable bonds is 6. The summed E-state index contributed by atoms with van der Waals surface area (Å²) in [5.41, 5.74) is -0.877. The molecule has 3 atom stereocenters. The number of nitrogens with zero attached hydrogens (tertiary/aromatic N) is 3. The lowest BCUT2D eigenvalue weighted by Crippen LogP contribution is -2.41. The first-order valence-corrected chi connectivity index (χ1v) is 8.72. The number of carbonyl (C=O) groups excluding carboxylic acids is 1. The maximum atomic E-state index is 14.1. The van der Waals surface area contributed by atoms with Crippen molar-refractivity contribution in [2.24, 2.45) is 0 Å². The van der Waals surface area contributed by atoms with E-state index in [9.17, 15) is 33.6 Å². The molecule has 166 valence electrons. The molecule has 0 saturated carbocycles. The lowest BCUT2D eigenvalue weighted by molar-refractivity contribution is -0.384. The second-order valence-corrected chi connectivity index (χ2v) is 6.46. The molecule has 3 N–H and O–H groups in total. The number of non-ortho nitro benzene ring substituents is 1. The van der Waals surface area contributed by atoms with Gasteiger partial charge in [-0.1, -0.05) is 0 Å². The third-order valence-corrected chi connectivity index (χ3v) is 4.39. The lowest BCUT2D eigenvalue weighted by Gasteiger charge is -2.21. The van der Waals surface area contributed by atoms with Crippen LogP contribution in [-0.2, 0) is 16.1 Å². The monoisotopic (exact) mass is 442 g/mol. The quantitative estimate of drug-likeness (QED) is 0.433. The summed E-state index contributed by atoms with van der Waals surface area (Å²) in [6.07, 6.45) is -6.23. The fraction of sp³-hybridized carbons (Fsp3) is 0.353. The minimum Gasteiger partial charge on any atom is -0.444 e. The molecule has 2 aromatic rings. The van der Waals surface area contributed by atoms with E-state index >= 15 is 0 Å². The van der Waals surface area contributed by atoms with Crippen molar-refractivity contribution in [1.82, 2.24) is 9.55 Å². The van der Waals surface area contributed by atoms with Crippen LogP contribution in [0.3, 0.4) is 0 Å². The Hall–Kier alpha value is -3.49. The van der Waals surface area contributed by atoms with Crippen LogP contribution in [0.1, 0.15) is 11.8 Å². The maximum Gasteiger partial charge on any atom is 0.413 e. The normalized spacial score (nSPS) is 22.1. The first kappa shape index (κ1) is 22.2. The van der Waals surface area contributed by atoms with Crippen molar-refractivity contribution in [3.63, 3.8) is 0 Å². The fourth-order valence-corrected chi connectivity index (χ4v) is 2.78. The highest BCUT2D eigenvalue weighted by Gasteiger charge is 2.59. The molecule has 1 saturated heterocycles. The van der Waals surface area contributed by atoms with Crippen LogP contribution in [-0.4, -0.2) is 55.5 Å². The summed E-state index contributed by atoms with van der Waals surface area (Å²) < 4.78 is 38.5. The lowest BCUT2D eigenvalue weighted by atomic mass is 10.1. The standard InChI is InChI=1S/C17H16F2N4O8/c18-17(19)13(25)11(7-24)31-14(17)22-6-5-12(20-15(22)26)21-16(27)30-8-9-1-3-10(4-2-9)23(28)29/h1-6,11,13-14,24-25H,7-8H2,(H,20,21,26,27)/t11-,13?,14-/m1/s1. The van der Waals surface area contributed by atoms with Gasteiger partial charge in [0, 0.05) is 18.3 Å². The Morgan fingerprint density at radius 3 is 2.58 bits per heavy atom. The number of amides is 1. The van der Waals surface area contributed by atoms with Gasteiger partial charge < -0.3 is 19.7 Å². The van der Waals surface area contributed by atoms with Crippen LogP contribution in [0.25, 0.3) is 0 Å². The SMILES string of the molecule is O=C(Nc1ccn([C@@H]2O[C@H](CO)C(O)C2(F)F)c(=O)n1)OCc1ccc([N+](=O)[O-])cc1. The number of carbonyl (C=O) groups is 1. The van der Waals surface area contributed by atoms with Gasteiger partial charge >= 0.3 is 17.7 Å². The highest BCUT2D eigenvalue weighted by Crippen LogP contribution is 2.41. The Morgan fingerprint density at radius 1 is 1.35 bits per heavy atom. The van der Waals surface area contributed by atoms with Crippen molar-refractivity contribution in [3.05, 3.63) is 62.7 Å². The molecule has 0 spiro atoms. The number of nitro benzene ring substituents is 1. The summed E-state index contributed by atoms with van der Waals surface area (Å²) in [5.74, 6) is -4.16. The van der Waals surface area contributed by atoms with Crippen LogP contribution < -0.4 is 11.0 Å². The van der Waals surface area contributed by atoms with E-state index in [0.717, 1.165) is 12.3 Å². The zero-order chi connectivity index (χ0) is 22.8. The van der Waals surface area contributed by atoms with Crippen molar-refractivity contribution in [3.8, 4) is 0 Å². The van der Waals surface area contributed by atoms with E-state index in [0.29, 0.717) is 10.1 Å². The van der Waals surface area contributed by atoms with Crippen LogP contribution in [0, 0.1) is 10.1 Å². The van der Waals surface area contributed by atoms with Crippen LogP contribution in [0.5, 0.6) is 0 Å². The summed E-state index contributed by atoms with van der Waals surface area (Å²) >= 11 is 0. The van der Waals surface area contributed by atoms with Gasteiger partial charge in [-0.3, -0.25) is 20.0 Å². The predicted octanol–water partition coefficient (Wildman–Crippen LogP) is 0.786. The van der Waals surface area contributed by atoms with Gasteiger partial charge in [0.15, 0.2) is 6.10 Å². The number of hydrogen-bond acceptors (Lipinski definition) is 9. The van der Waals surface area contributed by atoms with Gasteiger partial charge in [-0.25, -0.2) is 9.59 Å². The van der Waals surface area contributed by atoms with E-state index in [1.165, 1.54) is 24.3 Å². The zero-order valence-electron chi connectivity index (χ0n) is 15.6. The van der Waals surface area contributed by atoms with Crippen molar-refractivity contribution < 1.29 is 38.2 Å². The molecule has 1 aliphatic heterocycles. The number of ether oxygens (including phenoxy) is 2. The molecule has 12 nitrogen and oxygen atoms in total. The topological polar surface area (TPSA) is 166 Å². The molecular weight excluding hydrogens is 426 g/mol. The van der Waals surface area contributed by atoms with Crippen LogP contribution >= 0.6 is 0 Å². The van der Waals surface area contributed by atoms with Crippen molar-refractivity contribution in [2.75, 3.05) is 11.9 Å². The summed E-state index contributed by atoms with van der Waals surface area (Å²) in [5, 5.41) is 31.3. The molecular formula is C17H16F2N4O8. The van der Waals surface area contributed by atoms with Crippen molar-refractivity contribution in [1.29, 1.82) is 0 Å². The molecule has 1 amide bonds. The van der Waals surface area contributed by atoms with E-state index in [4.69, 9.17) is 14.6 Å². The second-order valence-electron chi connectivity index (χ2n) is 6.46. The number of nitrogens with one attached hydrogen (secondary N) is 1. The van der Waals surface area contributed by atoms with Crippen LogP contribution in [0.2, 0.25) is 0 Å². The third kappa shape index (κ3) is 4.65. The molecule has 0 bridgehead atoms. The van der Waals surface area contributed by atoms with Gasteiger partial charge in [0.25, 0.3) is 5.69 Å². The van der Waals surface area contributed by atoms with Gasteiger partial charge in [-0.05, 0) is 23.8 Å². The van der Waals surface area contributed by atoms with Gasteiger partial charge in [0.1, 0.15) is 18.5 Å². The third-order valence-electron chi connectivity index (χ3n) is 4.39. The number of nitro groups is 1. The smallest absolute Gasteiger partial charge is 0.413 e. The molecule has 31 heavy (non-hydrogen) atoms. The summed E-state index contributed by atoms with van der Waals surface area (Å²) in [4.78, 5) is 37.4. The summed E-state index contributed by atoms with van der Waals surface area (Å²) in [7, 11) is 0. The Balaban J connectivity index is 1.63. The maximum absolute atomic E-state index is 14.1. The molecule has 3 rings (SSSR count). The van der Waals surface area contributed by atoms with Crippen molar-refractivity contribution in [2.45, 2.75) is 31.0 Å². The van der Waals surface area contributed by atoms with Gasteiger partial charge in [0.2, 0.25) is 6.23 Å². The molecule has 1 aromatic heterocycles. The minimum atomic E-state index is -3.86. The largest absolute Gasteiger partial charge is 0.444 e. The van der Waals surface area contributed by atoms with Crippen LogP contribution in [0.4, 0.5) is 25.1 Å². The number of aromatic nitrogens is 2. The summed E-state index contributed by atoms with van der Waals surface area (Å²) in [6.45, 7) is -1.11. The number of halogens is 2. The highest BCUT2D eigenvalue weighted by atomic mass is 19.3. The average molecular weight is 442 g/mol. The van der Waals surface area contributed by atoms with Crippen molar-refractivity contribution >= 4 is 17.6 Å². The molecule has 0 aliphatic carbocycles. The van der Waals surface area contributed by atoms with E-state index in [2.05, 4.69) is 10.3 Å². The number of aliphatic hydroxyl groups is 2. The highest BCUT2D eigenvalue weighted by molar-refractivity contribution is 5.83. The summed E-state index contributed by atoms with van der Waals surface area (Å²) in [6, 6.07) is 6.28. The fourth-order valence-electron chi connectivity index (χ4n) is 2.78. The molecule has 14 heteroatoms. The average Bonchev–Trinajstić information content (AvgIpc) is 2.96. The zero-order valence-corrected chi connectivity index (χ0v) is 15.6. The number of benzene rings is 1. The van der Waals surface area contributed by atoms with E-state index in [1.54, 1.807) is 0 Å². The van der Waals surface area contributed by atoms with E-state index < -0.39 is 47.7 Å². The van der Waals surface area contributed by atoms with Gasteiger partial charge in [0.05, 0.1) is 11.5 Å². The first-order valence-electron chi connectivity index (χ1n) is 8.72. The molecule has 1 aliphatic rings. The molecule has 1 aromatic carbocycles. The predicted molar refractivity (Wildman–Crippen MR) is 97.4 cm³/mol. The van der Waals surface area contributed by atoms with Gasteiger partial charge in [-0.15, -0.1) is 0 Å². The van der Waals surface area contributed by atoms with E-state index in [-0.39, 0.29) is 18.1 Å². The second kappa shape index (κ2) is 8.71. The molecule has 2 heterocycles. The Morgan fingerprint density at radius 2 is 2.03 bits per heavy atom. The first-order chi connectivity index (χ1) is 14.6. The van der Waals surface area contributed by atoms with Crippen LogP contribution in [0.15, 0.2) is 41.3 Å². The number of aliphatic hydroxyl groups excluding tert-OH is 2. The molecule has 1 fully saturated rings. The Labute approximate surface area is 171 Å². The number of hydrogen-bond donors (Lipinski definition) is 3. The van der Waals surface area contributed by atoms with Gasteiger partial charge in [-0.2, -0.15) is 13.8 Å². The number of anilines is 1. The Kier molecular flexibility index (Phi) is 6.24. The van der Waals surface area contributed by atoms with E-state index in [1.807, 2.05) is 0 Å². The Bertz CT molecular complexity index is 1030. The number of alkyl halides is 2. The molecule has 1 unspecified atom stereocenters.